The van der Waals surface area contributed by atoms with E-state index in [0.717, 1.165) is 16.9 Å². The Bertz CT molecular complexity index is 1050. The maximum absolute atomic E-state index is 12.2. The number of nitrogens with zero attached hydrogens (tertiary/aromatic N) is 1. The Kier molecular flexibility index (Phi) is 5.95. The van der Waals surface area contributed by atoms with Crippen LogP contribution in [0.4, 0.5) is 11.4 Å². The molecule has 146 valence electrons. The number of nitriles is 1. The lowest BCUT2D eigenvalue weighted by Crippen LogP contribution is -2.29. The molecule has 0 unspecified atom stereocenters. The van der Waals surface area contributed by atoms with Gasteiger partial charge in [-0.3, -0.25) is 9.59 Å². The zero-order valence-electron chi connectivity index (χ0n) is 16.0. The van der Waals surface area contributed by atoms with E-state index in [1.165, 1.54) is 7.11 Å². The van der Waals surface area contributed by atoms with Crippen LogP contribution in [0.1, 0.15) is 18.1 Å². The Hall–Kier alpha value is -4.05. The number of nitrogens with one attached hydrogen (secondary N) is 2. The van der Waals surface area contributed by atoms with E-state index in [9.17, 15) is 9.59 Å². The molecule has 1 aliphatic heterocycles. The predicted octanol–water partition coefficient (Wildman–Crippen LogP) is 3.46. The molecule has 0 radical (unpaired) electrons. The third-order valence-corrected chi connectivity index (χ3v) is 4.26. The van der Waals surface area contributed by atoms with E-state index in [2.05, 4.69) is 10.6 Å². The Morgan fingerprint density at radius 1 is 1.03 bits per heavy atom. The fraction of sp³-hybridized carbons (Fsp3) is 0.136. The van der Waals surface area contributed by atoms with Crippen LogP contribution in [0.25, 0.3) is 5.57 Å². The summed E-state index contributed by atoms with van der Waals surface area (Å²) >= 11 is 0. The highest BCUT2D eigenvalue weighted by Gasteiger charge is 2.17. The van der Waals surface area contributed by atoms with E-state index < -0.39 is 11.8 Å². The molecule has 0 atom stereocenters. The molecule has 2 aromatic carbocycles. The summed E-state index contributed by atoms with van der Waals surface area (Å²) in [5.41, 5.74) is 3.10. The predicted molar refractivity (Wildman–Crippen MR) is 109 cm³/mol. The zero-order chi connectivity index (χ0) is 20.8. The number of rotatable bonds is 4. The van der Waals surface area contributed by atoms with Gasteiger partial charge < -0.3 is 20.1 Å². The standard InChI is InChI=1S/C22H19N3O4/c1-14-3-6-16(13-29-14)19-10-9-18(11-20(19)28-2)25-22(27)21(26)24-17-7-4-15(12-23)5-8-17/h3-11H,13H2,1-2H3,(H,24,26)(H,25,27). The van der Waals surface area contributed by atoms with Crippen molar-refractivity contribution in [2.45, 2.75) is 6.92 Å². The van der Waals surface area contributed by atoms with Crippen LogP contribution in [0.5, 0.6) is 5.75 Å². The average Bonchev–Trinajstić information content (AvgIpc) is 2.74. The number of amides is 2. The highest BCUT2D eigenvalue weighted by Crippen LogP contribution is 2.31. The SMILES string of the molecule is COc1cc(NC(=O)C(=O)Nc2ccc(C#N)cc2)ccc1C1=CC=C(C)OC1. The minimum absolute atomic E-state index is 0.421. The Labute approximate surface area is 168 Å². The lowest BCUT2D eigenvalue weighted by atomic mass is 10.0. The Morgan fingerprint density at radius 3 is 2.28 bits per heavy atom. The van der Waals surface area contributed by atoms with Crippen LogP contribution in [-0.4, -0.2) is 25.5 Å². The van der Waals surface area contributed by atoms with E-state index in [1.807, 2.05) is 25.1 Å². The van der Waals surface area contributed by atoms with Gasteiger partial charge in [-0.1, -0.05) is 6.08 Å². The summed E-state index contributed by atoms with van der Waals surface area (Å²) in [5, 5.41) is 13.8. The molecule has 0 saturated heterocycles. The number of methoxy groups -OCH3 is 1. The maximum atomic E-state index is 12.2. The quantitative estimate of drug-likeness (QED) is 0.780. The van der Waals surface area contributed by atoms with Crippen LogP contribution in [0.2, 0.25) is 0 Å². The first-order valence-corrected chi connectivity index (χ1v) is 8.81. The van der Waals surface area contributed by atoms with Gasteiger partial charge in [0.25, 0.3) is 0 Å². The molecule has 2 aromatic rings. The van der Waals surface area contributed by atoms with Crippen molar-refractivity contribution < 1.29 is 19.1 Å². The molecule has 0 aliphatic carbocycles. The van der Waals surface area contributed by atoms with Gasteiger partial charge in [0, 0.05) is 28.6 Å². The number of hydrogen-bond donors (Lipinski definition) is 2. The molecule has 0 bridgehead atoms. The third kappa shape index (κ3) is 4.82. The maximum Gasteiger partial charge on any atom is 0.314 e. The molecule has 0 fully saturated rings. The van der Waals surface area contributed by atoms with Crippen LogP contribution in [0, 0.1) is 11.3 Å². The van der Waals surface area contributed by atoms with Crippen LogP contribution < -0.4 is 15.4 Å². The number of benzene rings is 2. The van der Waals surface area contributed by atoms with Crippen molar-refractivity contribution >= 4 is 28.8 Å². The zero-order valence-corrected chi connectivity index (χ0v) is 16.0. The number of ether oxygens (including phenoxy) is 2. The van der Waals surface area contributed by atoms with E-state index in [1.54, 1.807) is 42.5 Å². The van der Waals surface area contributed by atoms with E-state index in [4.69, 9.17) is 14.7 Å². The van der Waals surface area contributed by atoms with Crippen molar-refractivity contribution in [1.82, 2.24) is 0 Å². The smallest absolute Gasteiger partial charge is 0.314 e. The molecular formula is C22H19N3O4. The molecule has 0 spiro atoms. The summed E-state index contributed by atoms with van der Waals surface area (Å²) in [5.74, 6) is -0.243. The molecule has 3 rings (SSSR count). The molecule has 7 nitrogen and oxygen atoms in total. The molecule has 2 amide bonds. The second kappa shape index (κ2) is 8.76. The number of carbonyl (C=O) groups is 2. The third-order valence-electron chi connectivity index (χ3n) is 4.26. The second-order valence-corrected chi connectivity index (χ2v) is 6.27. The van der Waals surface area contributed by atoms with Gasteiger partial charge in [0.05, 0.1) is 24.5 Å². The highest BCUT2D eigenvalue weighted by atomic mass is 16.5. The van der Waals surface area contributed by atoms with Crippen LogP contribution in [0.3, 0.4) is 0 Å². The highest BCUT2D eigenvalue weighted by molar-refractivity contribution is 6.43. The van der Waals surface area contributed by atoms with Crippen molar-refractivity contribution in [3.05, 3.63) is 71.5 Å². The first-order valence-electron chi connectivity index (χ1n) is 8.81. The molecule has 7 heteroatoms. The Balaban J connectivity index is 1.69. The number of carbonyl (C=O) groups excluding carboxylic acids is 2. The first kappa shape index (κ1) is 19.7. The summed E-state index contributed by atoms with van der Waals surface area (Å²) < 4.78 is 11.0. The monoisotopic (exact) mass is 389 g/mol. The van der Waals surface area contributed by atoms with Crippen LogP contribution in [-0.2, 0) is 14.3 Å². The average molecular weight is 389 g/mol. The number of allylic oxidation sites excluding steroid dienone is 3. The summed E-state index contributed by atoms with van der Waals surface area (Å²) in [7, 11) is 1.54. The van der Waals surface area contributed by atoms with Crippen molar-refractivity contribution in [1.29, 1.82) is 5.26 Å². The fourth-order valence-electron chi connectivity index (χ4n) is 2.71. The van der Waals surface area contributed by atoms with Gasteiger partial charge in [-0.05, 0) is 49.4 Å². The number of hydrogen-bond acceptors (Lipinski definition) is 5. The van der Waals surface area contributed by atoms with Crippen LogP contribution >= 0.6 is 0 Å². The Morgan fingerprint density at radius 2 is 1.69 bits per heavy atom. The van der Waals surface area contributed by atoms with Crippen molar-refractivity contribution in [2.75, 3.05) is 24.4 Å². The minimum Gasteiger partial charge on any atom is -0.496 e. The largest absolute Gasteiger partial charge is 0.496 e. The minimum atomic E-state index is -0.818. The van der Waals surface area contributed by atoms with Gasteiger partial charge in [0.1, 0.15) is 12.4 Å². The molecule has 0 saturated carbocycles. The van der Waals surface area contributed by atoms with Gasteiger partial charge in [0.2, 0.25) is 0 Å². The first-order chi connectivity index (χ1) is 14.0. The van der Waals surface area contributed by atoms with Gasteiger partial charge in [-0.2, -0.15) is 5.26 Å². The van der Waals surface area contributed by atoms with Crippen molar-refractivity contribution in [3.8, 4) is 11.8 Å². The molecule has 0 aromatic heterocycles. The lowest BCUT2D eigenvalue weighted by molar-refractivity contribution is -0.132. The van der Waals surface area contributed by atoms with Crippen molar-refractivity contribution in [2.24, 2.45) is 0 Å². The van der Waals surface area contributed by atoms with Gasteiger partial charge in [-0.15, -0.1) is 0 Å². The summed E-state index contributed by atoms with van der Waals surface area (Å²) in [6, 6.07) is 13.3. The summed E-state index contributed by atoms with van der Waals surface area (Å²) in [4.78, 5) is 24.3. The molecule has 1 heterocycles. The van der Waals surface area contributed by atoms with Crippen LogP contribution in [0.15, 0.2) is 60.4 Å². The summed E-state index contributed by atoms with van der Waals surface area (Å²) in [6.45, 7) is 2.31. The molecule has 29 heavy (non-hydrogen) atoms. The van der Waals surface area contributed by atoms with Gasteiger partial charge >= 0.3 is 11.8 Å². The normalized spacial score (nSPS) is 12.6. The van der Waals surface area contributed by atoms with Crippen molar-refractivity contribution in [3.63, 3.8) is 0 Å². The van der Waals surface area contributed by atoms with E-state index in [0.29, 0.717) is 29.3 Å². The van der Waals surface area contributed by atoms with Gasteiger partial charge in [0.15, 0.2) is 0 Å². The topological polar surface area (TPSA) is 100 Å². The summed E-state index contributed by atoms with van der Waals surface area (Å²) in [6.07, 6.45) is 3.83. The molecule has 2 N–H and O–H groups in total. The second-order valence-electron chi connectivity index (χ2n) is 6.27. The van der Waals surface area contributed by atoms with Gasteiger partial charge in [-0.25, -0.2) is 0 Å². The molecular weight excluding hydrogens is 370 g/mol. The molecule has 1 aliphatic rings. The number of anilines is 2. The van der Waals surface area contributed by atoms with E-state index >= 15 is 0 Å². The van der Waals surface area contributed by atoms with E-state index in [-0.39, 0.29) is 0 Å². The fourth-order valence-corrected chi connectivity index (χ4v) is 2.71. The lowest BCUT2D eigenvalue weighted by Gasteiger charge is -2.17.